The average Bonchev–Trinajstić information content (AvgIpc) is 2.32. The zero-order valence-electron chi connectivity index (χ0n) is 12.2. The van der Waals surface area contributed by atoms with E-state index in [0.717, 1.165) is 36.2 Å². The van der Waals surface area contributed by atoms with Crippen LogP contribution in [-0.4, -0.2) is 31.1 Å². The smallest absolute Gasteiger partial charge is 0.129 e. The fourth-order valence-electron chi connectivity index (χ4n) is 2.87. The van der Waals surface area contributed by atoms with Crippen molar-refractivity contribution in [2.24, 2.45) is 5.41 Å². The number of nitrogens with zero attached hydrogens (tertiary/aromatic N) is 1. The van der Waals surface area contributed by atoms with Gasteiger partial charge in [-0.2, -0.15) is 0 Å². The lowest BCUT2D eigenvalue weighted by atomic mass is 9.80. The Labute approximate surface area is 135 Å². The highest BCUT2D eigenvalue weighted by molar-refractivity contribution is 9.10. The van der Waals surface area contributed by atoms with Gasteiger partial charge < -0.3 is 5.32 Å². The minimum Gasteiger partial charge on any atom is -0.314 e. The van der Waals surface area contributed by atoms with E-state index in [9.17, 15) is 4.39 Å². The minimum absolute atomic E-state index is 0. The van der Waals surface area contributed by atoms with Crippen LogP contribution >= 0.6 is 28.3 Å². The molecule has 2 rings (SSSR count). The molecule has 114 valence electrons. The van der Waals surface area contributed by atoms with Crippen molar-refractivity contribution in [2.75, 3.05) is 26.2 Å². The zero-order chi connectivity index (χ0) is 14.0. The molecule has 0 radical (unpaired) electrons. The molecule has 1 aromatic rings. The molecular formula is C15H23BrClFN2. The standard InChI is InChI=1S/C15H22BrFN2.ClH/c1-15(2,3)14(19-8-6-18-7-9-19)12-5-4-11(16)10-13(12)17;/h4-5,10,14,18H,6-9H2,1-3H3;1H/t14-;/m1./s1. The molecule has 20 heavy (non-hydrogen) atoms. The summed E-state index contributed by atoms with van der Waals surface area (Å²) in [6, 6.07) is 5.52. The molecule has 1 heterocycles. The van der Waals surface area contributed by atoms with Gasteiger partial charge in [0.05, 0.1) is 0 Å². The molecule has 1 saturated heterocycles. The summed E-state index contributed by atoms with van der Waals surface area (Å²) < 4.78 is 15.1. The molecule has 0 bridgehead atoms. The molecule has 5 heteroatoms. The first-order valence-electron chi connectivity index (χ1n) is 6.79. The molecule has 2 nitrogen and oxygen atoms in total. The van der Waals surface area contributed by atoms with Gasteiger partial charge in [-0.25, -0.2) is 4.39 Å². The van der Waals surface area contributed by atoms with Crippen LogP contribution in [0.5, 0.6) is 0 Å². The quantitative estimate of drug-likeness (QED) is 0.852. The number of nitrogens with one attached hydrogen (secondary N) is 1. The Morgan fingerprint density at radius 3 is 2.35 bits per heavy atom. The monoisotopic (exact) mass is 364 g/mol. The number of piperazine rings is 1. The highest BCUT2D eigenvalue weighted by atomic mass is 79.9. The molecular weight excluding hydrogens is 343 g/mol. The summed E-state index contributed by atoms with van der Waals surface area (Å²) in [4.78, 5) is 2.39. The molecule has 1 aliphatic heterocycles. The Morgan fingerprint density at radius 2 is 1.85 bits per heavy atom. The van der Waals surface area contributed by atoms with Crippen molar-refractivity contribution in [3.8, 4) is 0 Å². The van der Waals surface area contributed by atoms with Crippen molar-refractivity contribution in [1.29, 1.82) is 0 Å². The molecule has 1 N–H and O–H groups in total. The minimum atomic E-state index is -0.118. The lowest BCUT2D eigenvalue weighted by molar-refractivity contribution is 0.0834. The first-order chi connectivity index (χ1) is 8.89. The van der Waals surface area contributed by atoms with Crippen LogP contribution in [0.4, 0.5) is 4.39 Å². The lowest BCUT2D eigenvalue weighted by Crippen LogP contribution is -2.48. The highest BCUT2D eigenvalue weighted by Gasteiger charge is 2.34. The van der Waals surface area contributed by atoms with E-state index in [1.807, 2.05) is 12.1 Å². The van der Waals surface area contributed by atoms with Crippen molar-refractivity contribution in [1.82, 2.24) is 10.2 Å². The SMILES string of the molecule is CC(C)(C)[C@@H](c1ccc(Br)cc1F)N1CCNCC1.Cl. The maximum Gasteiger partial charge on any atom is 0.129 e. The van der Waals surface area contributed by atoms with Gasteiger partial charge in [0.25, 0.3) is 0 Å². The van der Waals surface area contributed by atoms with Crippen molar-refractivity contribution < 1.29 is 4.39 Å². The van der Waals surface area contributed by atoms with E-state index in [1.165, 1.54) is 0 Å². The van der Waals surface area contributed by atoms with Crippen molar-refractivity contribution in [3.63, 3.8) is 0 Å². The van der Waals surface area contributed by atoms with E-state index in [1.54, 1.807) is 6.07 Å². The van der Waals surface area contributed by atoms with Crippen LogP contribution in [0.3, 0.4) is 0 Å². The van der Waals surface area contributed by atoms with Crippen LogP contribution in [0.2, 0.25) is 0 Å². The summed E-state index contributed by atoms with van der Waals surface area (Å²) in [5, 5.41) is 3.35. The molecule has 1 aromatic carbocycles. The van der Waals surface area contributed by atoms with E-state index in [4.69, 9.17) is 0 Å². The topological polar surface area (TPSA) is 15.3 Å². The second-order valence-corrected chi connectivity index (χ2v) is 7.14. The van der Waals surface area contributed by atoms with Crippen molar-refractivity contribution in [3.05, 3.63) is 34.1 Å². The highest BCUT2D eigenvalue weighted by Crippen LogP contribution is 2.39. The van der Waals surface area contributed by atoms with E-state index in [-0.39, 0.29) is 29.7 Å². The van der Waals surface area contributed by atoms with Gasteiger partial charge in [-0.1, -0.05) is 42.8 Å². The Hall–Kier alpha value is -0.160. The Balaban J connectivity index is 0.00000200. The van der Waals surface area contributed by atoms with Gasteiger partial charge in [-0.05, 0) is 17.5 Å². The third-order valence-electron chi connectivity index (χ3n) is 3.59. The Kier molecular flexibility index (Phi) is 6.45. The van der Waals surface area contributed by atoms with Crippen molar-refractivity contribution >= 4 is 28.3 Å². The summed E-state index contributed by atoms with van der Waals surface area (Å²) >= 11 is 3.33. The van der Waals surface area contributed by atoms with E-state index < -0.39 is 0 Å². The predicted octanol–water partition coefficient (Wildman–Crippen LogP) is 4.00. The fraction of sp³-hybridized carbons (Fsp3) is 0.600. The number of halogens is 3. The molecule has 1 aliphatic rings. The Bertz CT molecular complexity index is 442. The number of hydrogen-bond acceptors (Lipinski definition) is 2. The van der Waals surface area contributed by atoms with Gasteiger partial charge in [0, 0.05) is 42.3 Å². The molecule has 0 aromatic heterocycles. The predicted molar refractivity (Wildman–Crippen MR) is 88.0 cm³/mol. The molecule has 0 amide bonds. The van der Waals surface area contributed by atoms with E-state index in [2.05, 4.69) is 46.9 Å². The molecule has 0 aliphatic carbocycles. The second kappa shape index (κ2) is 7.21. The second-order valence-electron chi connectivity index (χ2n) is 6.22. The first-order valence-corrected chi connectivity index (χ1v) is 7.58. The van der Waals surface area contributed by atoms with Crippen LogP contribution in [0, 0.1) is 11.2 Å². The normalized spacial score (nSPS) is 18.4. The van der Waals surface area contributed by atoms with Crippen LogP contribution in [0.15, 0.2) is 22.7 Å². The maximum absolute atomic E-state index is 14.3. The lowest BCUT2D eigenvalue weighted by Gasteiger charge is -2.42. The van der Waals surface area contributed by atoms with E-state index >= 15 is 0 Å². The summed E-state index contributed by atoms with van der Waals surface area (Å²) in [6.07, 6.45) is 0. The van der Waals surface area contributed by atoms with Gasteiger partial charge in [-0.15, -0.1) is 12.4 Å². The average molecular weight is 366 g/mol. The van der Waals surface area contributed by atoms with Gasteiger partial charge in [0.1, 0.15) is 5.82 Å². The first kappa shape index (κ1) is 17.9. The summed E-state index contributed by atoms with van der Waals surface area (Å²) in [5.74, 6) is -0.118. The number of hydrogen-bond donors (Lipinski definition) is 1. The molecule has 1 fully saturated rings. The maximum atomic E-state index is 14.3. The van der Waals surface area contributed by atoms with Crippen molar-refractivity contribution in [2.45, 2.75) is 26.8 Å². The molecule has 0 spiro atoms. The van der Waals surface area contributed by atoms with Gasteiger partial charge >= 0.3 is 0 Å². The molecule has 0 unspecified atom stereocenters. The van der Waals surface area contributed by atoms with Crippen LogP contribution < -0.4 is 5.32 Å². The van der Waals surface area contributed by atoms with Gasteiger partial charge in [-0.3, -0.25) is 4.90 Å². The number of rotatable bonds is 2. The zero-order valence-corrected chi connectivity index (χ0v) is 14.7. The summed E-state index contributed by atoms with van der Waals surface area (Å²) in [7, 11) is 0. The fourth-order valence-corrected chi connectivity index (χ4v) is 3.21. The summed E-state index contributed by atoms with van der Waals surface area (Å²) in [5.41, 5.74) is 0.809. The largest absolute Gasteiger partial charge is 0.314 e. The third kappa shape index (κ3) is 4.17. The molecule has 1 atom stereocenters. The van der Waals surface area contributed by atoms with Crippen LogP contribution in [0.25, 0.3) is 0 Å². The number of benzene rings is 1. The van der Waals surface area contributed by atoms with Gasteiger partial charge in [0.2, 0.25) is 0 Å². The molecule has 0 saturated carbocycles. The van der Waals surface area contributed by atoms with Crippen LogP contribution in [-0.2, 0) is 0 Å². The van der Waals surface area contributed by atoms with Gasteiger partial charge in [0.15, 0.2) is 0 Å². The van der Waals surface area contributed by atoms with Crippen LogP contribution in [0.1, 0.15) is 32.4 Å². The van der Waals surface area contributed by atoms with E-state index in [0.29, 0.717) is 0 Å². The third-order valence-corrected chi connectivity index (χ3v) is 4.09. The Morgan fingerprint density at radius 1 is 1.25 bits per heavy atom. The summed E-state index contributed by atoms with van der Waals surface area (Å²) in [6.45, 7) is 10.4.